The number of benzene rings is 2. The van der Waals surface area contributed by atoms with Crippen LogP contribution < -0.4 is 15.4 Å². The molecule has 0 radical (unpaired) electrons. The van der Waals surface area contributed by atoms with E-state index in [0.29, 0.717) is 11.3 Å². The molecule has 0 saturated carbocycles. The number of hydrogen-bond acceptors (Lipinski definition) is 4. The second-order valence-electron chi connectivity index (χ2n) is 6.62. The fourth-order valence-electron chi connectivity index (χ4n) is 2.46. The largest absolute Gasteiger partial charge is 0.497 e. The van der Waals surface area contributed by atoms with Crippen molar-refractivity contribution in [3.8, 4) is 5.75 Å². The van der Waals surface area contributed by atoms with E-state index >= 15 is 0 Å². The molecule has 0 fully saturated rings. The molecule has 0 aromatic heterocycles. The molecule has 7 heteroatoms. The molecule has 0 bridgehead atoms. The molecule has 0 aliphatic heterocycles. The second kappa shape index (κ2) is 8.64. The highest BCUT2D eigenvalue weighted by atomic mass is 19.1. The van der Waals surface area contributed by atoms with Crippen LogP contribution in [0.2, 0.25) is 0 Å². The zero-order valence-corrected chi connectivity index (χ0v) is 15.5. The first-order valence-electron chi connectivity index (χ1n) is 8.41. The highest BCUT2D eigenvalue weighted by molar-refractivity contribution is 6.39. The van der Waals surface area contributed by atoms with Crippen molar-refractivity contribution in [1.29, 1.82) is 0 Å². The molecule has 144 valence electrons. The molecule has 0 heterocycles. The van der Waals surface area contributed by atoms with E-state index in [1.807, 2.05) is 12.1 Å². The third kappa shape index (κ3) is 6.07. The third-order valence-corrected chi connectivity index (χ3v) is 4.01. The lowest BCUT2D eigenvalue weighted by Gasteiger charge is -2.23. The van der Waals surface area contributed by atoms with Crippen molar-refractivity contribution < 1.29 is 23.8 Å². The average Bonchev–Trinajstić information content (AvgIpc) is 2.63. The van der Waals surface area contributed by atoms with Gasteiger partial charge in [-0.15, -0.1) is 0 Å². The molecule has 2 aromatic carbocycles. The first-order chi connectivity index (χ1) is 12.7. The van der Waals surface area contributed by atoms with Gasteiger partial charge in [-0.2, -0.15) is 0 Å². The number of aryl methyl sites for hydroxylation is 1. The van der Waals surface area contributed by atoms with Gasteiger partial charge in [-0.25, -0.2) is 4.39 Å². The number of rotatable bonds is 6. The van der Waals surface area contributed by atoms with Crippen molar-refractivity contribution in [3.05, 3.63) is 59.4 Å². The van der Waals surface area contributed by atoms with Crippen molar-refractivity contribution in [2.75, 3.05) is 19.0 Å². The van der Waals surface area contributed by atoms with E-state index in [2.05, 4.69) is 10.6 Å². The van der Waals surface area contributed by atoms with Gasteiger partial charge in [0.05, 0.1) is 12.7 Å². The van der Waals surface area contributed by atoms with Gasteiger partial charge in [-0.3, -0.25) is 9.59 Å². The Bertz CT molecular complexity index is 819. The molecule has 1 atom stereocenters. The lowest BCUT2D eigenvalue weighted by atomic mass is 9.96. The van der Waals surface area contributed by atoms with Gasteiger partial charge in [-0.1, -0.05) is 18.2 Å². The van der Waals surface area contributed by atoms with Gasteiger partial charge in [0, 0.05) is 18.7 Å². The normalized spacial score (nSPS) is 12.8. The van der Waals surface area contributed by atoms with Crippen LogP contribution >= 0.6 is 0 Å². The molecule has 2 aromatic rings. The highest BCUT2D eigenvalue weighted by Gasteiger charge is 2.24. The Morgan fingerprint density at radius 3 is 2.41 bits per heavy atom. The van der Waals surface area contributed by atoms with E-state index in [1.54, 1.807) is 33.1 Å². The summed E-state index contributed by atoms with van der Waals surface area (Å²) in [6.07, 6.45) is 0.280. The van der Waals surface area contributed by atoms with Crippen LogP contribution in [0.3, 0.4) is 0 Å². The summed E-state index contributed by atoms with van der Waals surface area (Å²) in [5.74, 6) is -1.61. The number of methoxy groups -OCH3 is 1. The van der Waals surface area contributed by atoms with E-state index in [4.69, 9.17) is 4.74 Å². The quantitative estimate of drug-likeness (QED) is 0.677. The van der Waals surface area contributed by atoms with Crippen LogP contribution in [0.1, 0.15) is 18.1 Å². The number of aliphatic hydroxyl groups is 1. The molecule has 27 heavy (non-hydrogen) atoms. The lowest BCUT2D eigenvalue weighted by Crippen LogP contribution is -2.45. The number of hydrogen-bond donors (Lipinski definition) is 3. The predicted molar refractivity (Wildman–Crippen MR) is 100 cm³/mol. The van der Waals surface area contributed by atoms with Crippen molar-refractivity contribution in [2.45, 2.75) is 25.9 Å². The van der Waals surface area contributed by atoms with Crippen LogP contribution in [0.25, 0.3) is 0 Å². The highest BCUT2D eigenvalue weighted by Crippen LogP contribution is 2.17. The van der Waals surface area contributed by atoms with E-state index in [1.165, 1.54) is 12.1 Å². The van der Waals surface area contributed by atoms with Gasteiger partial charge < -0.3 is 20.5 Å². The summed E-state index contributed by atoms with van der Waals surface area (Å²) >= 11 is 0. The third-order valence-electron chi connectivity index (χ3n) is 4.01. The second-order valence-corrected chi connectivity index (χ2v) is 6.62. The van der Waals surface area contributed by atoms with Crippen molar-refractivity contribution in [2.24, 2.45) is 0 Å². The summed E-state index contributed by atoms with van der Waals surface area (Å²) in [5, 5.41) is 15.2. The molecule has 0 spiro atoms. The lowest BCUT2D eigenvalue weighted by molar-refractivity contribution is -0.136. The Morgan fingerprint density at radius 2 is 1.81 bits per heavy atom. The number of ether oxygens (including phenoxy) is 1. The molecule has 2 rings (SSSR count). The van der Waals surface area contributed by atoms with Crippen molar-refractivity contribution in [3.63, 3.8) is 0 Å². The minimum absolute atomic E-state index is 0.118. The topological polar surface area (TPSA) is 87.7 Å². The summed E-state index contributed by atoms with van der Waals surface area (Å²) in [6.45, 7) is 3.04. The van der Waals surface area contributed by atoms with Crippen LogP contribution in [0.15, 0.2) is 42.5 Å². The first-order valence-corrected chi connectivity index (χ1v) is 8.41. The molecule has 1 unspecified atom stereocenters. The maximum absolute atomic E-state index is 13.5. The Balaban J connectivity index is 1.88. The molecule has 3 N–H and O–H groups in total. The van der Waals surface area contributed by atoms with Gasteiger partial charge in [-0.05, 0) is 49.2 Å². The van der Waals surface area contributed by atoms with Gasteiger partial charge in [0.15, 0.2) is 0 Å². The zero-order valence-electron chi connectivity index (χ0n) is 15.5. The summed E-state index contributed by atoms with van der Waals surface area (Å²) in [5.41, 5.74) is 0.227. The number of nitrogens with one attached hydrogen (secondary N) is 2. The number of amides is 2. The Labute approximate surface area is 157 Å². The number of anilines is 1. The van der Waals surface area contributed by atoms with Gasteiger partial charge in [0.1, 0.15) is 11.6 Å². The molecule has 0 aliphatic carbocycles. The van der Waals surface area contributed by atoms with E-state index in [-0.39, 0.29) is 18.7 Å². The Hall–Kier alpha value is -2.93. The van der Waals surface area contributed by atoms with Gasteiger partial charge >= 0.3 is 11.8 Å². The average molecular weight is 374 g/mol. The SMILES string of the molecule is COc1ccc(CC(C)(O)CNC(=O)C(=O)Nc2ccc(C)c(F)c2)cc1. The summed E-state index contributed by atoms with van der Waals surface area (Å²) in [7, 11) is 1.57. The fourth-order valence-corrected chi connectivity index (χ4v) is 2.46. The number of carbonyl (C=O) groups excluding carboxylic acids is 2. The standard InChI is InChI=1S/C20H23FN2O4/c1-13-4-7-15(10-17(13)21)23-19(25)18(24)22-12-20(2,26)11-14-5-8-16(27-3)9-6-14/h4-10,26H,11-12H2,1-3H3,(H,22,24)(H,23,25). The molecule has 2 amide bonds. The summed E-state index contributed by atoms with van der Waals surface area (Å²) < 4.78 is 18.6. The van der Waals surface area contributed by atoms with Crippen LogP contribution in [0.5, 0.6) is 5.75 Å². The van der Waals surface area contributed by atoms with E-state index < -0.39 is 23.2 Å². The maximum atomic E-state index is 13.5. The fraction of sp³-hybridized carbons (Fsp3) is 0.300. The molecular weight excluding hydrogens is 351 g/mol. The molecular formula is C20H23FN2O4. The molecule has 6 nitrogen and oxygen atoms in total. The monoisotopic (exact) mass is 374 g/mol. The van der Waals surface area contributed by atoms with Crippen LogP contribution in [0, 0.1) is 12.7 Å². The molecule has 0 saturated heterocycles. The van der Waals surface area contributed by atoms with Crippen molar-refractivity contribution in [1.82, 2.24) is 5.32 Å². The van der Waals surface area contributed by atoms with E-state index in [9.17, 15) is 19.1 Å². The first kappa shape index (κ1) is 20.4. The van der Waals surface area contributed by atoms with Crippen molar-refractivity contribution >= 4 is 17.5 Å². The number of halogens is 1. The zero-order chi connectivity index (χ0) is 20.0. The maximum Gasteiger partial charge on any atom is 0.313 e. The summed E-state index contributed by atoms with van der Waals surface area (Å²) in [4.78, 5) is 23.9. The molecule has 0 aliphatic rings. The Kier molecular flexibility index (Phi) is 6.52. The smallest absolute Gasteiger partial charge is 0.313 e. The van der Waals surface area contributed by atoms with E-state index in [0.717, 1.165) is 11.6 Å². The number of carbonyl (C=O) groups is 2. The minimum Gasteiger partial charge on any atom is -0.497 e. The Morgan fingerprint density at radius 1 is 1.15 bits per heavy atom. The van der Waals surface area contributed by atoms with Crippen LogP contribution in [-0.2, 0) is 16.0 Å². The van der Waals surface area contributed by atoms with Crippen LogP contribution in [-0.4, -0.2) is 36.2 Å². The minimum atomic E-state index is -1.25. The predicted octanol–water partition coefficient (Wildman–Crippen LogP) is 2.19. The van der Waals surface area contributed by atoms with Gasteiger partial charge in [0.25, 0.3) is 0 Å². The summed E-state index contributed by atoms with van der Waals surface area (Å²) in [6, 6.07) is 11.3. The van der Waals surface area contributed by atoms with Gasteiger partial charge in [0.2, 0.25) is 0 Å². The van der Waals surface area contributed by atoms with Crippen LogP contribution in [0.4, 0.5) is 10.1 Å².